The van der Waals surface area contributed by atoms with Crippen molar-refractivity contribution in [1.29, 1.82) is 0 Å². The van der Waals surface area contributed by atoms with Crippen LogP contribution < -0.4 is 9.80 Å². The molecule has 2 unspecified atom stereocenters. The van der Waals surface area contributed by atoms with Gasteiger partial charge in [0.1, 0.15) is 11.9 Å². The lowest BCUT2D eigenvalue weighted by atomic mass is 9.79. The Labute approximate surface area is 288 Å². The second kappa shape index (κ2) is 12.1. The molecule has 2 aliphatic rings. The van der Waals surface area contributed by atoms with Crippen molar-refractivity contribution in [3.8, 4) is 22.3 Å². The molecule has 0 amide bonds. The van der Waals surface area contributed by atoms with Crippen molar-refractivity contribution < 1.29 is 0 Å². The van der Waals surface area contributed by atoms with Crippen LogP contribution >= 0.6 is 0 Å². The van der Waals surface area contributed by atoms with Crippen molar-refractivity contribution >= 4 is 28.6 Å². The number of para-hydroxylation sites is 2. The number of benzene rings is 7. The Morgan fingerprint density at radius 2 is 0.918 bits per heavy atom. The number of hydrogen-bond acceptors (Lipinski definition) is 3. The summed E-state index contributed by atoms with van der Waals surface area (Å²) in [5.41, 5.74) is 14.4. The van der Waals surface area contributed by atoms with E-state index in [2.05, 4.69) is 199 Å². The monoisotopic (exact) mass is 629 g/mol. The van der Waals surface area contributed by atoms with Crippen molar-refractivity contribution in [3.05, 3.63) is 204 Å². The van der Waals surface area contributed by atoms with Gasteiger partial charge in [0.2, 0.25) is 0 Å². The zero-order valence-corrected chi connectivity index (χ0v) is 27.3. The van der Waals surface area contributed by atoms with Crippen LogP contribution in [0.4, 0.5) is 22.7 Å². The molecule has 7 aromatic carbocycles. The molecule has 0 saturated heterocycles. The van der Waals surface area contributed by atoms with E-state index in [-0.39, 0.29) is 12.1 Å². The highest BCUT2D eigenvalue weighted by atomic mass is 15.3. The molecular formula is C46H35N3. The van der Waals surface area contributed by atoms with Crippen LogP contribution in [0.2, 0.25) is 0 Å². The van der Waals surface area contributed by atoms with Gasteiger partial charge in [-0.05, 0) is 88.8 Å². The van der Waals surface area contributed by atoms with E-state index in [1.165, 1.54) is 38.9 Å². The second-order valence-electron chi connectivity index (χ2n) is 12.9. The number of aliphatic imine (C=N–C) groups is 1. The third-order valence-electron chi connectivity index (χ3n) is 9.86. The van der Waals surface area contributed by atoms with Gasteiger partial charge in [-0.2, -0.15) is 0 Å². The summed E-state index contributed by atoms with van der Waals surface area (Å²) in [6, 6.07) is 65.5. The van der Waals surface area contributed by atoms with Crippen LogP contribution in [0.25, 0.3) is 22.3 Å². The predicted octanol–water partition coefficient (Wildman–Crippen LogP) is 11.9. The maximum absolute atomic E-state index is 5.53. The molecule has 234 valence electrons. The summed E-state index contributed by atoms with van der Waals surface area (Å²) in [5, 5.41) is 0. The molecule has 0 aromatic heterocycles. The highest BCUT2D eigenvalue weighted by Crippen LogP contribution is 2.53. The van der Waals surface area contributed by atoms with Gasteiger partial charge in [-0.25, -0.2) is 0 Å². The van der Waals surface area contributed by atoms with Gasteiger partial charge < -0.3 is 9.80 Å². The van der Waals surface area contributed by atoms with Gasteiger partial charge in [0, 0.05) is 28.3 Å². The minimum Gasteiger partial charge on any atom is -0.316 e. The average molecular weight is 630 g/mol. The van der Waals surface area contributed by atoms with Crippen LogP contribution in [-0.4, -0.2) is 5.84 Å². The third kappa shape index (κ3) is 5.12. The lowest BCUT2D eigenvalue weighted by Gasteiger charge is -2.36. The molecule has 0 fully saturated rings. The molecular weight excluding hydrogens is 595 g/mol. The number of nitrogens with zero attached hydrogens (tertiary/aromatic N) is 3. The quantitative estimate of drug-likeness (QED) is 0.182. The van der Waals surface area contributed by atoms with Gasteiger partial charge >= 0.3 is 0 Å². The minimum absolute atomic E-state index is 0.00630. The average Bonchev–Trinajstić information content (AvgIpc) is 3.58. The first-order valence-electron chi connectivity index (χ1n) is 17.0. The van der Waals surface area contributed by atoms with E-state index < -0.39 is 0 Å². The molecule has 9 rings (SSSR count). The van der Waals surface area contributed by atoms with E-state index >= 15 is 0 Å². The fourth-order valence-electron chi connectivity index (χ4n) is 7.50. The summed E-state index contributed by atoms with van der Waals surface area (Å²) in [7, 11) is 0. The minimum atomic E-state index is 0.00630. The van der Waals surface area contributed by atoms with Gasteiger partial charge in [-0.15, -0.1) is 0 Å². The maximum atomic E-state index is 5.53. The van der Waals surface area contributed by atoms with E-state index in [9.17, 15) is 0 Å². The zero-order valence-electron chi connectivity index (χ0n) is 27.3. The number of hydrogen-bond donors (Lipinski definition) is 0. The Kier molecular flexibility index (Phi) is 7.17. The molecule has 3 nitrogen and oxygen atoms in total. The highest BCUT2D eigenvalue weighted by Gasteiger charge is 2.44. The smallest absolute Gasteiger partial charge is 0.136 e. The van der Waals surface area contributed by atoms with Gasteiger partial charge in [0.15, 0.2) is 0 Å². The predicted molar refractivity (Wildman–Crippen MR) is 204 cm³/mol. The molecule has 0 radical (unpaired) electrons. The normalized spacial score (nSPS) is 15.9. The molecule has 2 atom stereocenters. The molecule has 49 heavy (non-hydrogen) atoms. The number of fused-ring (bicyclic) bond motifs is 6. The molecule has 1 heterocycles. The Morgan fingerprint density at radius 1 is 0.449 bits per heavy atom. The lowest BCUT2D eigenvalue weighted by Crippen LogP contribution is -2.33. The highest BCUT2D eigenvalue weighted by molar-refractivity contribution is 6.12. The molecule has 3 heteroatoms. The summed E-state index contributed by atoms with van der Waals surface area (Å²) >= 11 is 0. The Balaban J connectivity index is 1.08. The van der Waals surface area contributed by atoms with Crippen LogP contribution in [0.5, 0.6) is 0 Å². The van der Waals surface area contributed by atoms with E-state index in [1.807, 2.05) is 0 Å². The van der Waals surface area contributed by atoms with Crippen LogP contribution in [0.3, 0.4) is 0 Å². The molecule has 0 N–H and O–H groups in total. The van der Waals surface area contributed by atoms with E-state index in [1.54, 1.807) is 0 Å². The van der Waals surface area contributed by atoms with Crippen molar-refractivity contribution in [1.82, 2.24) is 0 Å². The first-order chi connectivity index (χ1) is 24.2. The molecule has 1 aliphatic carbocycles. The number of anilines is 4. The standard InChI is InChI=1S/C46H35N3/c1-32-20-28-39(29-21-32)49-45-43-19-11-9-17-41(43)40-16-8-10-18-42(40)44(45)47-46(49)35-24-22-33(23-25-35)34-26-30-38(31-27-34)48(36-12-4-2-5-13-36)37-14-6-3-7-15-37/h2-31,44-45H,1H3. The third-order valence-corrected chi connectivity index (χ3v) is 9.86. The fourth-order valence-corrected chi connectivity index (χ4v) is 7.50. The first-order valence-corrected chi connectivity index (χ1v) is 17.0. The summed E-state index contributed by atoms with van der Waals surface area (Å²) in [4.78, 5) is 10.3. The van der Waals surface area contributed by atoms with Crippen molar-refractivity contribution in [2.75, 3.05) is 9.80 Å². The van der Waals surface area contributed by atoms with E-state index in [0.29, 0.717) is 0 Å². The molecule has 0 saturated carbocycles. The number of amidine groups is 1. The van der Waals surface area contributed by atoms with Crippen LogP contribution in [-0.2, 0) is 0 Å². The Bertz CT molecular complexity index is 2230. The zero-order chi connectivity index (χ0) is 32.7. The maximum Gasteiger partial charge on any atom is 0.136 e. The van der Waals surface area contributed by atoms with Gasteiger partial charge in [-0.3, -0.25) is 4.99 Å². The van der Waals surface area contributed by atoms with E-state index in [0.717, 1.165) is 34.1 Å². The Morgan fingerprint density at radius 3 is 1.53 bits per heavy atom. The Hall–Kier alpha value is -6.19. The van der Waals surface area contributed by atoms with Crippen LogP contribution in [0.15, 0.2) is 187 Å². The summed E-state index contributed by atoms with van der Waals surface area (Å²) in [6.07, 6.45) is 0. The molecule has 1 aliphatic heterocycles. The van der Waals surface area contributed by atoms with Gasteiger partial charge in [-0.1, -0.05) is 139 Å². The summed E-state index contributed by atoms with van der Waals surface area (Å²) in [6.45, 7) is 2.14. The van der Waals surface area contributed by atoms with Crippen LogP contribution in [0, 0.1) is 6.92 Å². The van der Waals surface area contributed by atoms with Crippen molar-refractivity contribution in [2.24, 2.45) is 4.99 Å². The van der Waals surface area contributed by atoms with Crippen molar-refractivity contribution in [2.45, 2.75) is 19.0 Å². The molecule has 0 bridgehead atoms. The van der Waals surface area contributed by atoms with Crippen LogP contribution in [0.1, 0.15) is 34.3 Å². The van der Waals surface area contributed by atoms with Crippen molar-refractivity contribution in [3.63, 3.8) is 0 Å². The van der Waals surface area contributed by atoms with Gasteiger partial charge in [0.25, 0.3) is 0 Å². The molecule has 0 spiro atoms. The summed E-state index contributed by atoms with van der Waals surface area (Å²) in [5.74, 6) is 1.01. The number of rotatable bonds is 6. The van der Waals surface area contributed by atoms with E-state index in [4.69, 9.17) is 4.99 Å². The lowest BCUT2D eigenvalue weighted by molar-refractivity contribution is 0.604. The molecule has 7 aromatic rings. The largest absolute Gasteiger partial charge is 0.316 e. The first kappa shape index (κ1) is 29.0. The second-order valence-corrected chi connectivity index (χ2v) is 12.9. The fraction of sp³-hybridized carbons (Fsp3) is 0.0652. The van der Waals surface area contributed by atoms with Gasteiger partial charge in [0.05, 0.1) is 6.04 Å². The summed E-state index contributed by atoms with van der Waals surface area (Å²) < 4.78 is 0. The topological polar surface area (TPSA) is 18.8 Å². The number of aryl methyl sites for hydroxylation is 1. The SMILES string of the molecule is Cc1ccc(N2C(c3ccc(-c4ccc(N(c5ccccc5)c5ccccc5)cc4)cc3)=NC3c4ccccc4-c4ccccc4C32)cc1.